The highest BCUT2D eigenvalue weighted by atomic mass is 32.2. The summed E-state index contributed by atoms with van der Waals surface area (Å²) in [5.41, 5.74) is 0.369. The Balaban J connectivity index is 1.94. The second-order valence-corrected chi connectivity index (χ2v) is 7.61. The SMILES string of the molecule is Cn1ccnc1Sc1ccccc1NS(=O)(=O)c1ccccc1F. The Morgan fingerprint density at radius 2 is 1.83 bits per heavy atom. The van der Waals surface area contributed by atoms with Crippen molar-refractivity contribution in [1.82, 2.24) is 9.55 Å². The van der Waals surface area contributed by atoms with Gasteiger partial charge in [-0.05, 0) is 36.0 Å². The van der Waals surface area contributed by atoms with E-state index in [4.69, 9.17) is 0 Å². The zero-order valence-corrected chi connectivity index (χ0v) is 14.3. The fraction of sp³-hybridized carbons (Fsp3) is 0.0625. The van der Waals surface area contributed by atoms with E-state index in [9.17, 15) is 12.8 Å². The summed E-state index contributed by atoms with van der Waals surface area (Å²) in [6.07, 6.45) is 3.46. The molecule has 0 radical (unpaired) electrons. The maximum absolute atomic E-state index is 13.8. The lowest BCUT2D eigenvalue weighted by Gasteiger charge is -2.12. The number of aromatic nitrogens is 2. The Labute approximate surface area is 143 Å². The number of aryl methyl sites for hydroxylation is 1. The summed E-state index contributed by atoms with van der Waals surface area (Å²) >= 11 is 1.32. The molecular formula is C16H14FN3O2S2. The van der Waals surface area contributed by atoms with E-state index in [1.54, 1.807) is 36.7 Å². The largest absolute Gasteiger partial charge is 0.329 e. The first-order valence-electron chi connectivity index (χ1n) is 6.99. The standard InChI is InChI=1S/C16H14FN3O2S2/c1-20-11-10-18-16(20)23-14-8-4-3-7-13(14)19-24(21,22)15-9-5-2-6-12(15)17/h2-11,19H,1H3. The van der Waals surface area contributed by atoms with Gasteiger partial charge in [0.2, 0.25) is 0 Å². The molecule has 3 aromatic rings. The third kappa shape index (κ3) is 3.44. The monoisotopic (exact) mass is 363 g/mol. The molecule has 0 saturated carbocycles. The van der Waals surface area contributed by atoms with E-state index in [1.807, 2.05) is 11.6 Å². The number of imidazole rings is 1. The van der Waals surface area contributed by atoms with Gasteiger partial charge in [-0.1, -0.05) is 24.3 Å². The first-order valence-corrected chi connectivity index (χ1v) is 9.29. The number of anilines is 1. The van der Waals surface area contributed by atoms with Crippen LogP contribution in [0.5, 0.6) is 0 Å². The number of nitrogens with one attached hydrogen (secondary N) is 1. The number of nitrogens with zero attached hydrogens (tertiary/aromatic N) is 2. The Bertz CT molecular complexity index is 971. The lowest BCUT2D eigenvalue weighted by Crippen LogP contribution is -2.15. The molecule has 8 heteroatoms. The Morgan fingerprint density at radius 1 is 1.12 bits per heavy atom. The number of benzene rings is 2. The summed E-state index contributed by atoms with van der Waals surface area (Å²) in [4.78, 5) is 4.50. The molecule has 0 aliphatic heterocycles. The molecule has 0 atom stereocenters. The van der Waals surface area contributed by atoms with Crippen LogP contribution in [0.3, 0.4) is 0 Å². The van der Waals surface area contributed by atoms with Crippen LogP contribution in [0.2, 0.25) is 0 Å². The minimum absolute atomic E-state index is 0.369. The summed E-state index contributed by atoms with van der Waals surface area (Å²) in [6, 6.07) is 12.2. The molecule has 124 valence electrons. The summed E-state index contributed by atoms with van der Waals surface area (Å²) < 4.78 is 43.0. The summed E-state index contributed by atoms with van der Waals surface area (Å²) in [7, 11) is -2.17. The van der Waals surface area contributed by atoms with Crippen LogP contribution >= 0.6 is 11.8 Å². The number of sulfonamides is 1. The maximum Gasteiger partial charge on any atom is 0.264 e. The molecule has 3 rings (SSSR count). The minimum Gasteiger partial charge on any atom is -0.329 e. The van der Waals surface area contributed by atoms with E-state index in [2.05, 4.69) is 9.71 Å². The summed E-state index contributed by atoms with van der Waals surface area (Å²) in [5, 5.41) is 0.715. The Morgan fingerprint density at radius 3 is 2.54 bits per heavy atom. The fourth-order valence-electron chi connectivity index (χ4n) is 2.05. The van der Waals surface area contributed by atoms with Gasteiger partial charge in [0.05, 0.1) is 5.69 Å². The highest BCUT2D eigenvalue weighted by molar-refractivity contribution is 7.99. The van der Waals surface area contributed by atoms with Gasteiger partial charge in [0.15, 0.2) is 5.16 Å². The lowest BCUT2D eigenvalue weighted by atomic mass is 10.3. The van der Waals surface area contributed by atoms with Gasteiger partial charge in [-0.3, -0.25) is 4.72 Å². The van der Waals surface area contributed by atoms with Gasteiger partial charge in [-0.2, -0.15) is 0 Å². The normalized spacial score (nSPS) is 11.4. The molecule has 1 heterocycles. The minimum atomic E-state index is -4.02. The predicted molar refractivity (Wildman–Crippen MR) is 91.0 cm³/mol. The molecule has 2 aromatic carbocycles. The fourth-order valence-corrected chi connectivity index (χ4v) is 4.17. The van der Waals surface area contributed by atoms with Gasteiger partial charge in [-0.25, -0.2) is 17.8 Å². The molecule has 0 spiro atoms. The Hall–Kier alpha value is -2.32. The highest BCUT2D eigenvalue weighted by Crippen LogP contribution is 2.33. The van der Waals surface area contributed by atoms with Crippen LogP contribution in [-0.2, 0) is 17.1 Å². The molecule has 0 aliphatic carbocycles. The van der Waals surface area contributed by atoms with Crippen LogP contribution in [-0.4, -0.2) is 18.0 Å². The summed E-state index contributed by atoms with van der Waals surface area (Å²) in [5.74, 6) is -0.792. The quantitative estimate of drug-likeness (QED) is 0.753. The van der Waals surface area contributed by atoms with Crippen LogP contribution in [0.1, 0.15) is 0 Å². The molecule has 1 N–H and O–H groups in total. The van der Waals surface area contributed by atoms with Crippen LogP contribution in [0.25, 0.3) is 0 Å². The topological polar surface area (TPSA) is 64.0 Å². The molecular weight excluding hydrogens is 349 g/mol. The van der Waals surface area contributed by atoms with Gasteiger partial charge in [0, 0.05) is 24.3 Å². The molecule has 0 amide bonds. The number of hydrogen-bond donors (Lipinski definition) is 1. The van der Waals surface area contributed by atoms with Crippen LogP contribution in [0, 0.1) is 5.82 Å². The van der Waals surface area contributed by atoms with Crippen molar-refractivity contribution in [2.75, 3.05) is 4.72 Å². The molecule has 0 fully saturated rings. The number of halogens is 1. The third-order valence-corrected chi connectivity index (χ3v) is 5.79. The zero-order valence-electron chi connectivity index (χ0n) is 12.7. The molecule has 0 aliphatic rings. The van der Waals surface area contributed by atoms with Crippen molar-refractivity contribution in [2.45, 2.75) is 14.9 Å². The predicted octanol–water partition coefficient (Wildman–Crippen LogP) is 3.51. The van der Waals surface area contributed by atoms with E-state index in [-0.39, 0.29) is 4.90 Å². The van der Waals surface area contributed by atoms with Gasteiger partial charge < -0.3 is 4.57 Å². The van der Waals surface area contributed by atoms with Crippen LogP contribution in [0.15, 0.2) is 75.9 Å². The molecule has 0 saturated heterocycles. The highest BCUT2D eigenvalue weighted by Gasteiger charge is 2.20. The van der Waals surface area contributed by atoms with Gasteiger partial charge >= 0.3 is 0 Å². The molecule has 0 bridgehead atoms. The van der Waals surface area contributed by atoms with Crippen molar-refractivity contribution in [3.63, 3.8) is 0 Å². The molecule has 1 aromatic heterocycles. The number of rotatable bonds is 5. The maximum atomic E-state index is 13.8. The van der Waals surface area contributed by atoms with Crippen molar-refractivity contribution >= 4 is 27.5 Å². The van der Waals surface area contributed by atoms with Crippen molar-refractivity contribution in [3.05, 3.63) is 66.7 Å². The lowest BCUT2D eigenvalue weighted by molar-refractivity contribution is 0.570. The third-order valence-electron chi connectivity index (χ3n) is 3.24. The van der Waals surface area contributed by atoms with Gasteiger partial charge in [0.1, 0.15) is 10.7 Å². The molecule has 5 nitrogen and oxygen atoms in total. The van der Waals surface area contributed by atoms with E-state index in [0.717, 1.165) is 6.07 Å². The number of hydrogen-bond acceptors (Lipinski definition) is 4. The second kappa shape index (κ2) is 6.66. The smallest absolute Gasteiger partial charge is 0.264 e. The van der Waals surface area contributed by atoms with E-state index in [0.29, 0.717) is 15.7 Å². The average molecular weight is 363 g/mol. The van der Waals surface area contributed by atoms with Crippen molar-refractivity contribution < 1.29 is 12.8 Å². The van der Waals surface area contributed by atoms with Crippen molar-refractivity contribution in [2.24, 2.45) is 7.05 Å². The molecule has 24 heavy (non-hydrogen) atoms. The van der Waals surface area contributed by atoms with Crippen LogP contribution < -0.4 is 4.72 Å². The molecule has 0 unspecified atom stereocenters. The number of para-hydroxylation sites is 1. The van der Waals surface area contributed by atoms with E-state index >= 15 is 0 Å². The first kappa shape index (κ1) is 16.5. The second-order valence-electron chi connectivity index (χ2n) is 4.95. The zero-order chi connectivity index (χ0) is 17.2. The van der Waals surface area contributed by atoms with Gasteiger partial charge in [-0.15, -0.1) is 0 Å². The van der Waals surface area contributed by atoms with Crippen LogP contribution in [0.4, 0.5) is 10.1 Å². The van der Waals surface area contributed by atoms with E-state index < -0.39 is 15.8 Å². The van der Waals surface area contributed by atoms with E-state index in [1.165, 1.54) is 30.0 Å². The van der Waals surface area contributed by atoms with Gasteiger partial charge in [0.25, 0.3) is 10.0 Å². The van der Waals surface area contributed by atoms with Crippen molar-refractivity contribution in [3.8, 4) is 0 Å². The Kier molecular flexibility index (Phi) is 4.59. The average Bonchev–Trinajstić information content (AvgIpc) is 2.94. The first-order chi connectivity index (χ1) is 11.5. The van der Waals surface area contributed by atoms with Crippen molar-refractivity contribution in [1.29, 1.82) is 0 Å². The summed E-state index contributed by atoms with van der Waals surface area (Å²) in [6.45, 7) is 0.